The molecule has 1 heterocycles. The standard InChI is InChI=1S/C21H26N2O5S/c1-5-29(25,26)23-15-8-6-14(7-9-15)20(24)22-18-13-21(2,3)28-19-12-16(27-4)10-11-17(18)19/h6-12,18,23H,5,13H2,1-4H3,(H,22,24). The highest BCUT2D eigenvalue weighted by molar-refractivity contribution is 7.92. The molecular formula is C21H26N2O5S. The first-order valence-corrected chi connectivity index (χ1v) is 11.1. The van der Waals surface area contributed by atoms with Crippen LogP contribution in [0, 0.1) is 0 Å². The maximum atomic E-state index is 12.8. The number of rotatable bonds is 6. The van der Waals surface area contributed by atoms with Gasteiger partial charge in [-0.1, -0.05) is 0 Å². The second kappa shape index (κ2) is 7.94. The number of ether oxygens (including phenoxy) is 2. The summed E-state index contributed by atoms with van der Waals surface area (Å²) >= 11 is 0. The average Bonchev–Trinajstić information content (AvgIpc) is 2.66. The van der Waals surface area contributed by atoms with Crippen molar-refractivity contribution in [2.75, 3.05) is 17.6 Å². The highest BCUT2D eigenvalue weighted by Crippen LogP contribution is 2.41. The van der Waals surface area contributed by atoms with Gasteiger partial charge in [0.1, 0.15) is 17.1 Å². The molecule has 0 radical (unpaired) electrons. The Bertz CT molecular complexity index is 1000. The van der Waals surface area contributed by atoms with Crippen molar-refractivity contribution >= 4 is 21.6 Å². The Morgan fingerprint density at radius 1 is 1.21 bits per heavy atom. The molecule has 1 atom stereocenters. The minimum atomic E-state index is -3.36. The van der Waals surface area contributed by atoms with Crippen LogP contribution in [0.3, 0.4) is 0 Å². The van der Waals surface area contributed by atoms with Gasteiger partial charge in [-0.15, -0.1) is 0 Å². The van der Waals surface area contributed by atoms with Gasteiger partial charge in [-0.05, 0) is 57.2 Å². The summed E-state index contributed by atoms with van der Waals surface area (Å²) in [5.74, 6) is 1.13. The quantitative estimate of drug-likeness (QED) is 0.749. The number of hydrogen-bond acceptors (Lipinski definition) is 5. The van der Waals surface area contributed by atoms with E-state index < -0.39 is 15.6 Å². The molecular weight excluding hydrogens is 392 g/mol. The fourth-order valence-electron chi connectivity index (χ4n) is 3.27. The molecule has 0 bridgehead atoms. The van der Waals surface area contributed by atoms with Crippen molar-refractivity contribution in [3.63, 3.8) is 0 Å². The Kier molecular flexibility index (Phi) is 5.75. The zero-order chi connectivity index (χ0) is 21.2. The maximum Gasteiger partial charge on any atom is 0.251 e. The van der Waals surface area contributed by atoms with Gasteiger partial charge in [-0.3, -0.25) is 9.52 Å². The van der Waals surface area contributed by atoms with Crippen molar-refractivity contribution in [1.82, 2.24) is 5.32 Å². The minimum Gasteiger partial charge on any atom is -0.497 e. The van der Waals surface area contributed by atoms with E-state index in [4.69, 9.17) is 9.47 Å². The van der Waals surface area contributed by atoms with Crippen molar-refractivity contribution in [3.05, 3.63) is 53.6 Å². The number of hydrogen-bond donors (Lipinski definition) is 2. The number of anilines is 1. The molecule has 0 fully saturated rings. The molecule has 0 spiro atoms. The topological polar surface area (TPSA) is 93.7 Å². The molecule has 0 saturated carbocycles. The van der Waals surface area contributed by atoms with Gasteiger partial charge in [0, 0.05) is 29.3 Å². The van der Waals surface area contributed by atoms with Crippen molar-refractivity contribution in [1.29, 1.82) is 0 Å². The van der Waals surface area contributed by atoms with Gasteiger partial charge in [0.15, 0.2) is 0 Å². The first-order valence-electron chi connectivity index (χ1n) is 9.41. The summed E-state index contributed by atoms with van der Waals surface area (Å²) in [5, 5.41) is 3.06. The fourth-order valence-corrected chi connectivity index (χ4v) is 3.91. The number of sulfonamides is 1. The zero-order valence-corrected chi connectivity index (χ0v) is 17.8. The molecule has 0 aromatic heterocycles. The number of carbonyl (C=O) groups excluding carboxylic acids is 1. The van der Waals surface area contributed by atoms with E-state index in [9.17, 15) is 13.2 Å². The first kappa shape index (κ1) is 21.0. The summed E-state index contributed by atoms with van der Waals surface area (Å²) in [6, 6.07) is 11.7. The number of methoxy groups -OCH3 is 1. The lowest BCUT2D eigenvalue weighted by Crippen LogP contribution is -2.41. The van der Waals surface area contributed by atoms with Crippen LogP contribution in [0.5, 0.6) is 11.5 Å². The largest absolute Gasteiger partial charge is 0.497 e. The molecule has 2 aromatic rings. The molecule has 2 N–H and O–H groups in total. The second-order valence-corrected chi connectivity index (χ2v) is 9.59. The van der Waals surface area contributed by atoms with Gasteiger partial charge < -0.3 is 14.8 Å². The Morgan fingerprint density at radius 3 is 2.52 bits per heavy atom. The summed E-state index contributed by atoms with van der Waals surface area (Å²) < 4.78 is 37.1. The Morgan fingerprint density at radius 2 is 1.90 bits per heavy atom. The van der Waals surface area contributed by atoms with Crippen LogP contribution in [0.2, 0.25) is 0 Å². The van der Waals surface area contributed by atoms with Crippen molar-refractivity contribution < 1.29 is 22.7 Å². The SMILES string of the molecule is CCS(=O)(=O)Nc1ccc(C(=O)NC2CC(C)(C)Oc3cc(OC)ccc32)cc1. The highest BCUT2D eigenvalue weighted by atomic mass is 32.2. The highest BCUT2D eigenvalue weighted by Gasteiger charge is 2.35. The summed E-state index contributed by atoms with van der Waals surface area (Å²) in [5.41, 5.74) is 1.32. The third-order valence-corrected chi connectivity index (χ3v) is 6.09. The monoisotopic (exact) mass is 418 g/mol. The van der Waals surface area contributed by atoms with Crippen LogP contribution in [0.25, 0.3) is 0 Å². The van der Waals surface area contributed by atoms with E-state index in [1.165, 1.54) is 0 Å². The van der Waals surface area contributed by atoms with E-state index in [0.717, 1.165) is 5.56 Å². The molecule has 1 unspecified atom stereocenters. The van der Waals surface area contributed by atoms with E-state index in [-0.39, 0.29) is 17.7 Å². The van der Waals surface area contributed by atoms with E-state index in [2.05, 4.69) is 10.0 Å². The van der Waals surface area contributed by atoms with Gasteiger partial charge in [0.2, 0.25) is 10.0 Å². The predicted octanol–water partition coefficient (Wildman–Crippen LogP) is 3.49. The second-order valence-electron chi connectivity index (χ2n) is 7.58. The van der Waals surface area contributed by atoms with Crippen LogP contribution in [0.15, 0.2) is 42.5 Å². The summed E-state index contributed by atoms with van der Waals surface area (Å²) in [4.78, 5) is 12.8. The van der Waals surface area contributed by atoms with Gasteiger partial charge in [0.25, 0.3) is 5.91 Å². The van der Waals surface area contributed by atoms with E-state index in [0.29, 0.717) is 29.2 Å². The molecule has 0 aliphatic carbocycles. The zero-order valence-electron chi connectivity index (χ0n) is 17.0. The molecule has 8 heteroatoms. The third-order valence-electron chi connectivity index (χ3n) is 4.78. The summed E-state index contributed by atoms with van der Waals surface area (Å²) in [6.45, 7) is 5.51. The molecule has 0 saturated heterocycles. The molecule has 1 aliphatic rings. The van der Waals surface area contributed by atoms with E-state index in [1.54, 1.807) is 38.3 Å². The summed E-state index contributed by atoms with van der Waals surface area (Å²) in [7, 11) is -1.76. The van der Waals surface area contributed by atoms with Crippen LogP contribution >= 0.6 is 0 Å². The fraction of sp³-hybridized carbons (Fsp3) is 0.381. The molecule has 3 rings (SSSR count). The van der Waals surface area contributed by atoms with Crippen molar-refractivity contribution in [2.24, 2.45) is 0 Å². The Hall–Kier alpha value is -2.74. The molecule has 29 heavy (non-hydrogen) atoms. The molecule has 1 aliphatic heterocycles. The van der Waals surface area contributed by atoms with Gasteiger partial charge in [-0.25, -0.2) is 8.42 Å². The van der Waals surface area contributed by atoms with E-state index >= 15 is 0 Å². The van der Waals surface area contributed by atoms with Crippen molar-refractivity contribution in [2.45, 2.75) is 38.8 Å². The number of benzene rings is 2. The molecule has 2 aromatic carbocycles. The normalized spacial score (nSPS) is 17.6. The van der Waals surface area contributed by atoms with E-state index in [1.807, 2.05) is 32.0 Å². The number of nitrogens with one attached hydrogen (secondary N) is 2. The number of amides is 1. The van der Waals surface area contributed by atoms with Crippen LogP contribution in [-0.4, -0.2) is 32.8 Å². The Labute approximate surface area is 171 Å². The lowest BCUT2D eigenvalue weighted by atomic mass is 9.89. The number of fused-ring (bicyclic) bond motifs is 1. The smallest absolute Gasteiger partial charge is 0.251 e. The lowest BCUT2D eigenvalue weighted by Gasteiger charge is -2.38. The van der Waals surface area contributed by atoms with Gasteiger partial charge >= 0.3 is 0 Å². The van der Waals surface area contributed by atoms with Crippen LogP contribution in [-0.2, 0) is 10.0 Å². The summed E-state index contributed by atoms with van der Waals surface area (Å²) in [6.07, 6.45) is 0.618. The molecule has 7 nitrogen and oxygen atoms in total. The van der Waals surface area contributed by atoms with Crippen LogP contribution in [0.4, 0.5) is 5.69 Å². The van der Waals surface area contributed by atoms with Crippen LogP contribution < -0.4 is 19.5 Å². The minimum absolute atomic E-state index is 0.0149. The Balaban J connectivity index is 1.78. The maximum absolute atomic E-state index is 12.8. The predicted molar refractivity (Wildman–Crippen MR) is 112 cm³/mol. The van der Waals surface area contributed by atoms with Gasteiger partial charge in [-0.2, -0.15) is 0 Å². The number of carbonyl (C=O) groups is 1. The van der Waals surface area contributed by atoms with Crippen molar-refractivity contribution in [3.8, 4) is 11.5 Å². The average molecular weight is 419 g/mol. The van der Waals surface area contributed by atoms with Crippen LogP contribution in [0.1, 0.15) is 49.2 Å². The molecule has 1 amide bonds. The first-order chi connectivity index (χ1) is 13.6. The third kappa shape index (κ3) is 5.00. The molecule has 156 valence electrons. The lowest BCUT2D eigenvalue weighted by molar-refractivity contribution is 0.0617. The van der Waals surface area contributed by atoms with Gasteiger partial charge in [0.05, 0.1) is 18.9 Å².